The zero-order chi connectivity index (χ0) is 13.0. The molecule has 100 valence electrons. The number of rotatable bonds is 4. The molecule has 0 N–H and O–H groups in total. The van der Waals surface area contributed by atoms with Gasteiger partial charge in [0.15, 0.2) is 5.82 Å². The van der Waals surface area contributed by atoms with Gasteiger partial charge in [0.2, 0.25) is 0 Å². The fourth-order valence-electron chi connectivity index (χ4n) is 2.46. The average molecular weight is 248 g/mol. The van der Waals surface area contributed by atoms with E-state index in [-0.39, 0.29) is 0 Å². The minimum absolute atomic E-state index is 0.555. The number of hydrogen-bond donors (Lipinski definition) is 0. The molecule has 4 heteroatoms. The van der Waals surface area contributed by atoms with Gasteiger partial charge in [0, 0.05) is 32.1 Å². The van der Waals surface area contributed by atoms with Gasteiger partial charge in [-0.1, -0.05) is 13.8 Å². The Hall–Kier alpha value is -1.16. The summed E-state index contributed by atoms with van der Waals surface area (Å²) < 4.78 is 0. The molecule has 0 aromatic carbocycles. The Balaban J connectivity index is 2.03. The van der Waals surface area contributed by atoms with Gasteiger partial charge in [0.05, 0.1) is 5.69 Å². The highest BCUT2D eigenvalue weighted by Crippen LogP contribution is 2.21. The molecule has 0 atom stereocenters. The number of aromatic nitrogens is 2. The van der Waals surface area contributed by atoms with E-state index < -0.39 is 0 Å². The van der Waals surface area contributed by atoms with Crippen LogP contribution in [0.5, 0.6) is 0 Å². The van der Waals surface area contributed by atoms with E-state index in [9.17, 15) is 0 Å². The third-order valence-corrected chi connectivity index (χ3v) is 3.90. The fourth-order valence-corrected chi connectivity index (χ4v) is 2.46. The monoisotopic (exact) mass is 248 g/mol. The molecule has 0 saturated carbocycles. The summed E-state index contributed by atoms with van der Waals surface area (Å²) in [5.41, 5.74) is 1.14. The molecule has 0 spiro atoms. The Labute approximate surface area is 110 Å². The van der Waals surface area contributed by atoms with E-state index >= 15 is 0 Å². The molecule has 4 nitrogen and oxygen atoms in total. The van der Waals surface area contributed by atoms with Gasteiger partial charge in [0.1, 0.15) is 0 Å². The van der Waals surface area contributed by atoms with Gasteiger partial charge >= 0.3 is 0 Å². The average Bonchev–Trinajstić information content (AvgIpc) is 2.42. The van der Waals surface area contributed by atoms with E-state index in [1.165, 1.54) is 0 Å². The second-order valence-electron chi connectivity index (χ2n) is 5.12. The van der Waals surface area contributed by atoms with Crippen molar-refractivity contribution in [3.05, 3.63) is 17.8 Å². The Morgan fingerprint density at radius 2 is 1.72 bits per heavy atom. The van der Waals surface area contributed by atoms with Crippen molar-refractivity contribution in [2.24, 2.45) is 0 Å². The first-order valence-electron chi connectivity index (χ1n) is 7.01. The Morgan fingerprint density at radius 1 is 1.06 bits per heavy atom. The summed E-state index contributed by atoms with van der Waals surface area (Å²) in [6, 6.07) is 4.28. The zero-order valence-corrected chi connectivity index (χ0v) is 11.8. The van der Waals surface area contributed by atoms with Crippen molar-refractivity contribution in [3.8, 4) is 0 Å². The maximum Gasteiger partial charge on any atom is 0.151 e. The fraction of sp³-hybridized carbons (Fsp3) is 0.714. The molecule has 0 bridgehead atoms. The summed E-state index contributed by atoms with van der Waals surface area (Å²) in [4.78, 5) is 4.67. The Bertz CT molecular complexity index is 351. The standard InChI is InChI=1S/C14H24N4/c1-4-12(5-2)13-6-7-14(16-15-13)18-10-8-17(3)9-11-18/h6-7,12H,4-5,8-11H2,1-3H3. The summed E-state index contributed by atoms with van der Waals surface area (Å²) in [7, 11) is 2.17. The minimum Gasteiger partial charge on any atom is -0.353 e. The van der Waals surface area contributed by atoms with Gasteiger partial charge in [-0.25, -0.2) is 0 Å². The largest absolute Gasteiger partial charge is 0.353 e. The minimum atomic E-state index is 0.555. The quantitative estimate of drug-likeness (QED) is 0.817. The second-order valence-corrected chi connectivity index (χ2v) is 5.12. The maximum absolute atomic E-state index is 4.41. The van der Waals surface area contributed by atoms with Crippen LogP contribution < -0.4 is 4.90 Å². The van der Waals surface area contributed by atoms with Gasteiger partial charge in [0.25, 0.3) is 0 Å². The first-order chi connectivity index (χ1) is 8.74. The molecular weight excluding hydrogens is 224 g/mol. The van der Waals surface area contributed by atoms with Gasteiger partial charge in [-0.2, -0.15) is 5.10 Å². The summed E-state index contributed by atoms with van der Waals surface area (Å²) in [6.45, 7) is 8.74. The summed E-state index contributed by atoms with van der Waals surface area (Å²) >= 11 is 0. The van der Waals surface area contributed by atoms with E-state index in [4.69, 9.17) is 0 Å². The number of piperazine rings is 1. The van der Waals surface area contributed by atoms with Crippen LogP contribution in [0.2, 0.25) is 0 Å². The third-order valence-electron chi connectivity index (χ3n) is 3.90. The lowest BCUT2D eigenvalue weighted by Gasteiger charge is -2.32. The molecular formula is C14H24N4. The molecule has 0 radical (unpaired) electrons. The predicted molar refractivity (Wildman–Crippen MR) is 75.1 cm³/mol. The maximum atomic E-state index is 4.41. The van der Waals surface area contributed by atoms with Crippen molar-refractivity contribution < 1.29 is 0 Å². The topological polar surface area (TPSA) is 32.3 Å². The normalized spacial score (nSPS) is 17.4. The van der Waals surface area contributed by atoms with E-state index in [2.05, 4.69) is 53.0 Å². The van der Waals surface area contributed by atoms with Crippen LogP contribution in [0.1, 0.15) is 38.3 Å². The van der Waals surface area contributed by atoms with E-state index in [1.54, 1.807) is 0 Å². The first-order valence-corrected chi connectivity index (χ1v) is 7.01. The molecule has 0 amide bonds. The zero-order valence-electron chi connectivity index (χ0n) is 11.8. The second kappa shape index (κ2) is 6.14. The van der Waals surface area contributed by atoms with Gasteiger partial charge < -0.3 is 9.80 Å². The van der Waals surface area contributed by atoms with Gasteiger partial charge in [-0.15, -0.1) is 5.10 Å². The lowest BCUT2D eigenvalue weighted by atomic mass is 9.99. The lowest BCUT2D eigenvalue weighted by Crippen LogP contribution is -2.44. The number of anilines is 1. The molecule has 0 unspecified atom stereocenters. The van der Waals surface area contributed by atoms with E-state index in [1.807, 2.05) is 0 Å². The SMILES string of the molecule is CCC(CC)c1ccc(N2CCN(C)CC2)nn1. The third kappa shape index (κ3) is 2.99. The molecule has 18 heavy (non-hydrogen) atoms. The van der Waals surface area contributed by atoms with Crippen LogP contribution in [-0.2, 0) is 0 Å². The lowest BCUT2D eigenvalue weighted by molar-refractivity contribution is 0.311. The van der Waals surface area contributed by atoms with E-state index in [0.717, 1.165) is 50.5 Å². The number of likely N-dealkylation sites (N-methyl/N-ethyl adjacent to an activating group) is 1. The van der Waals surface area contributed by atoms with Crippen molar-refractivity contribution in [3.63, 3.8) is 0 Å². The summed E-state index contributed by atoms with van der Waals surface area (Å²) in [5, 5.41) is 8.81. The van der Waals surface area contributed by atoms with Crippen molar-refractivity contribution >= 4 is 5.82 Å². The molecule has 1 aromatic rings. The number of nitrogens with zero attached hydrogens (tertiary/aromatic N) is 4. The van der Waals surface area contributed by atoms with Crippen molar-refractivity contribution in [2.75, 3.05) is 38.1 Å². The number of hydrogen-bond acceptors (Lipinski definition) is 4. The molecule has 1 fully saturated rings. The highest BCUT2D eigenvalue weighted by atomic mass is 15.3. The molecule has 1 aromatic heterocycles. The van der Waals surface area contributed by atoms with Crippen molar-refractivity contribution in [2.45, 2.75) is 32.6 Å². The van der Waals surface area contributed by atoms with Crippen LogP contribution >= 0.6 is 0 Å². The van der Waals surface area contributed by atoms with E-state index in [0.29, 0.717) is 5.92 Å². The summed E-state index contributed by atoms with van der Waals surface area (Å²) in [5.74, 6) is 1.58. The molecule has 1 saturated heterocycles. The molecule has 1 aliphatic heterocycles. The molecule has 0 aliphatic carbocycles. The predicted octanol–water partition coefficient (Wildman–Crippen LogP) is 2.13. The van der Waals surface area contributed by atoms with Gasteiger partial charge in [-0.3, -0.25) is 0 Å². The molecule has 2 heterocycles. The first kappa shape index (κ1) is 13.3. The van der Waals surface area contributed by atoms with Crippen LogP contribution in [0.15, 0.2) is 12.1 Å². The molecule has 1 aliphatic rings. The van der Waals surface area contributed by atoms with Crippen LogP contribution in [0.3, 0.4) is 0 Å². The molecule has 2 rings (SSSR count). The summed E-state index contributed by atoms with van der Waals surface area (Å²) in [6.07, 6.45) is 2.28. The van der Waals surface area contributed by atoms with Gasteiger partial charge in [-0.05, 0) is 32.0 Å². The van der Waals surface area contributed by atoms with Crippen molar-refractivity contribution in [1.82, 2.24) is 15.1 Å². The Kier molecular flexibility index (Phi) is 4.53. The van der Waals surface area contributed by atoms with Crippen molar-refractivity contribution in [1.29, 1.82) is 0 Å². The van der Waals surface area contributed by atoms with Crippen LogP contribution in [0.4, 0.5) is 5.82 Å². The van der Waals surface area contributed by atoms with Crippen LogP contribution in [-0.4, -0.2) is 48.3 Å². The van der Waals surface area contributed by atoms with Crippen LogP contribution in [0, 0.1) is 0 Å². The van der Waals surface area contributed by atoms with Crippen LogP contribution in [0.25, 0.3) is 0 Å². The highest BCUT2D eigenvalue weighted by molar-refractivity contribution is 5.38. The highest BCUT2D eigenvalue weighted by Gasteiger charge is 2.16. The Morgan fingerprint density at radius 3 is 2.22 bits per heavy atom. The smallest absolute Gasteiger partial charge is 0.151 e.